The first-order valence-corrected chi connectivity index (χ1v) is 9.31. The van der Waals surface area contributed by atoms with E-state index in [1.54, 1.807) is 12.1 Å². The van der Waals surface area contributed by atoms with Crippen LogP contribution in [-0.4, -0.2) is 51.2 Å². The Bertz CT molecular complexity index is 1150. The Balaban J connectivity index is 2.01. The molecule has 1 atom stereocenters. The van der Waals surface area contributed by atoms with Crippen LogP contribution in [0.3, 0.4) is 0 Å². The summed E-state index contributed by atoms with van der Waals surface area (Å²) in [6.07, 6.45) is -8.87. The Morgan fingerprint density at radius 3 is 2.41 bits per heavy atom. The third-order valence-corrected chi connectivity index (χ3v) is 4.32. The first-order chi connectivity index (χ1) is 15.8. The summed E-state index contributed by atoms with van der Waals surface area (Å²) in [5, 5.41) is 11.1. The van der Waals surface area contributed by atoms with Crippen molar-refractivity contribution in [2.45, 2.75) is 18.6 Å². The number of aliphatic hydroxyl groups excluding tert-OH is 1. The van der Waals surface area contributed by atoms with Gasteiger partial charge in [-0.15, -0.1) is 13.2 Å². The van der Waals surface area contributed by atoms with Crippen LogP contribution in [-0.2, 0) is 0 Å². The molecule has 0 aliphatic rings. The largest absolute Gasteiger partial charge is 0.574 e. The number of anilines is 1. The molecule has 0 aliphatic carbocycles. The molecule has 3 aromatic heterocycles. The van der Waals surface area contributed by atoms with Crippen molar-refractivity contribution in [2.24, 2.45) is 0 Å². The normalized spacial score (nSPS) is 12.8. The highest BCUT2D eigenvalue weighted by atomic mass is 19.4. The molecule has 3 rings (SSSR count). The van der Waals surface area contributed by atoms with Gasteiger partial charge in [-0.1, -0.05) is 0 Å². The lowest BCUT2D eigenvalue weighted by atomic mass is 10.0. The Hall–Kier alpha value is -3.94. The van der Waals surface area contributed by atoms with Gasteiger partial charge in [-0.2, -0.15) is 13.2 Å². The molecule has 3 heterocycles. The van der Waals surface area contributed by atoms with Crippen LogP contribution >= 0.6 is 0 Å². The minimum Gasteiger partial charge on any atom is -0.396 e. The van der Waals surface area contributed by atoms with Gasteiger partial charge in [0.1, 0.15) is 0 Å². The Labute approximate surface area is 187 Å². The smallest absolute Gasteiger partial charge is 0.396 e. The van der Waals surface area contributed by atoms with Gasteiger partial charge >= 0.3 is 12.5 Å². The number of carbonyl (C=O) groups excluding carboxylic acids is 1. The standard InChI is InChI=1S/C20H15F6N5O3/c21-19(22,23)14(32)9-30-18(33)12-6-13(10-3-4-15(29-8-10)34-20(24,25)26)31-17(16(12)27)11-2-1-5-28-7-11/h1-8,14,32H,9,27H2,(H,30,33)/t14-/m1/s1. The quantitative estimate of drug-likeness (QED) is 0.456. The Morgan fingerprint density at radius 1 is 1.12 bits per heavy atom. The van der Waals surface area contributed by atoms with Gasteiger partial charge in [0.25, 0.3) is 5.91 Å². The minimum atomic E-state index is -4.95. The summed E-state index contributed by atoms with van der Waals surface area (Å²) in [6.45, 7) is -1.13. The van der Waals surface area contributed by atoms with E-state index in [0.29, 0.717) is 5.56 Å². The minimum absolute atomic E-state index is 0.0284. The summed E-state index contributed by atoms with van der Waals surface area (Å²) in [5.74, 6) is -1.78. The number of nitrogen functional groups attached to an aromatic ring is 1. The second-order valence-electron chi connectivity index (χ2n) is 6.76. The summed E-state index contributed by atoms with van der Waals surface area (Å²) in [7, 11) is 0. The number of carbonyl (C=O) groups is 1. The van der Waals surface area contributed by atoms with E-state index >= 15 is 0 Å². The average molecular weight is 487 g/mol. The van der Waals surface area contributed by atoms with Gasteiger partial charge in [-0.3, -0.25) is 9.78 Å². The van der Waals surface area contributed by atoms with E-state index in [2.05, 4.69) is 19.7 Å². The fourth-order valence-electron chi connectivity index (χ4n) is 2.72. The predicted octanol–water partition coefficient (Wildman–Crippen LogP) is 3.34. The van der Waals surface area contributed by atoms with E-state index in [1.165, 1.54) is 18.5 Å². The van der Waals surface area contributed by atoms with Gasteiger partial charge in [0.2, 0.25) is 5.88 Å². The van der Waals surface area contributed by atoms with Crippen molar-refractivity contribution >= 4 is 11.6 Å². The number of aromatic nitrogens is 3. The van der Waals surface area contributed by atoms with Gasteiger partial charge in [-0.25, -0.2) is 9.97 Å². The molecule has 0 aliphatic heterocycles. The zero-order chi connectivity index (χ0) is 25.1. The van der Waals surface area contributed by atoms with Crippen molar-refractivity contribution in [3.05, 3.63) is 54.5 Å². The maximum atomic E-state index is 12.6. The van der Waals surface area contributed by atoms with Crippen LogP contribution in [0.2, 0.25) is 0 Å². The van der Waals surface area contributed by atoms with Gasteiger partial charge in [-0.05, 0) is 24.3 Å². The molecule has 0 radical (unpaired) electrons. The third-order valence-electron chi connectivity index (χ3n) is 4.32. The first kappa shape index (κ1) is 24.7. The number of nitrogens with zero attached hydrogens (tertiary/aromatic N) is 3. The molecule has 0 aromatic carbocycles. The molecule has 3 aromatic rings. The molecular formula is C20H15F6N5O3. The number of pyridine rings is 3. The molecule has 8 nitrogen and oxygen atoms in total. The number of nitrogens with one attached hydrogen (secondary N) is 1. The fraction of sp³-hybridized carbons (Fsp3) is 0.200. The number of hydrogen-bond acceptors (Lipinski definition) is 7. The lowest BCUT2D eigenvalue weighted by Gasteiger charge is -2.17. The molecule has 0 bridgehead atoms. The third kappa shape index (κ3) is 6.10. The van der Waals surface area contributed by atoms with E-state index in [9.17, 15) is 31.1 Å². The molecule has 4 N–H and O–H groups in total. The van der Waals surface area contributed by atoms with E-state index in [4.69, 9.17) is 10.8 Å². The van der Waals surface area contributed by atoms with Crippen molar-refractivity contribution < 1.29 is 41.0 Å². The van der Waals surface area contributed by atoms with E-state index in [-0.39, 0.29) is 28.2 Å². The number of aliphatic hydroxyl groups is 1. The number of alkyl halides is 6. The first-order valence-electron chi connectivity index (χ1n) is 9.31. The van der Waals surface area contributed by atoms with E-state index < -0.39 is 37.0 Å². The highest BCUT2D eigenvalue weighted by Crippen LogP contribution is 2.31. The maximum Gasteiger partial charge on any atom is 0.574 e. The van der Waals surface area contributed by atoms with Crippen molar-refractivity contribution in [1.82, 2.24) is 20.3 Å². The maximum absolute atomic E-state index is 12.6. The topological polar surface area (TPSA) is 123 Å². The molecule has 14 heteroatoms. The molecular weight excluding hydrogens is 472 g/mol. The molecule has 180 valence electrons. The van der Waals surface area contributed by atoms with Crippen molar-refractivity contribution in [3.63, 3.8) is 0 Å². The number of nitrogens with two attached hydrogens (primary N) is 1. The van der Waals surface area contributed by atoms with E-state index in [0.717, 1.165) is 18.3 Å². The van der Waals surface area contributed by atoms with Crippen molar-refractivity contribution in [2.75, 3.05) is 12.3 Å². The molecule has 0 saturated heterocycles. The van der Waals surface area contributed by atoms with Crippen LogP contribution in [0.15, 0.2) is 48.9 Å². The number of ether oxygens (including phenoxy) is 1. The molecule has 0 saturated carbocycles. The number of rotatable bonds is 6. The highest BCUT2D eigenvalue weighted by Gasteiger charge is 2.38. The highest BCUT2D eigenvalue weighted by molar-refractivity contribution is 6.03. The Morgan fingerprint density at radius 2 is 1.85 bits per heavy atom. The van der Waals surface area contributed by atoms with E-state index in [1.807, 2.05) is 5.32 Å². The Kier molecular flexibility index (Phi) is 6.91. The van der Waals surface area contributed by atoms with Crippen LogP contribution in [0, 0.1) is 0 Å². The zero-order valence-electron chi connectivity index (χ0n) is 16.9. The fourth-order valence-corrected chi connectivity index (χ4v) is 2.72. The molecule has 0 fully saturated rings. The summed E-state index contributed by atoms with van der Waals surface area (Å²) >= 11 is 0. The van der Waals surface area contributed by atoms with Crippen molar-refractivity contribution in [3.8, 4) is 28.4 Å². The predicted molar refractivity (Wildman–Crippen MR) is 106 cm³/mol. The van der Waals surface area contributed by atoms with Crippen molar-refractivity contribution in [1.29, 1.82) is 0 Å². The number of halogens is 6. The van der Waals surface area contributed by atoms with Crippen LogP contribution in [0.4, 0.5) is 32.0 Å². The average Bonchev–Trinajstić information content (AvgIpc) is 2.77. The van der Waals surface area contributed by atoms with Crippen LogP contribution in [0.1, 0.15) is 10.4 Å². The molecule has 0 spiro atoms. The number of amides is 1. The van der Waals surface area contributed by atoms with Gasteiger partial charge in [0.05, 0.1) is 29.2 Å². The van der Waals surface area contributed by atoms with Gasteiger partial charge in [0.15, 0.2) is 6.10 Å². The van der Waals surface area contributed by atoms with Crippen LogP contribution in [0.5, 0.6) is 5.88 Å². The monoisotopic (exact) mass is 487 g/mol. The summed E-state index contributed by atoms with van der Waals surface area (Å²) < 4.78 is 78.5. The lowest BCUT2D eigenvalue weighted by molar-refractivity contribution is -0.276. The number of hydrogen-bond donors (Lipinski definition) is 3. The molecule has 1 amide bonds. The molecule has 34 heavy (non-hydrogen) atoms. The second kappa shape index (κ2) is 9.51. The van der Waals surface area contributed by atoms with Crippen LogP contribution < -0.4 is 15.8 Å². The summed E-state index contributed by atoms with van der Waals surface area (Å²) in [6, 6.07) is 6.35. The van der Waals surface area contributed by atoms with Gasteiger partial charge in [0, 0.05) is 35.8 Å². The second-order valence-corrected chi connectivity index (χ2v) is 6.76. The molecule has 0 unspecified atom stereocenters. The lowest BCUT2D eigenvalue weighted by Crippen LogP contribution is -2.40. The zero-order valence-corrected chi connectivity index (χ0v) is 16.9. The summed E-state index contributed by atoms with van der Waals surface area (Å²) in [4.78, 5) is 24.4. The summed E-state index contributed by atoms with van der Waals surface area (Å²) in [5.41, 5.74) is 6.16. The van der Waals surface area contributed by atoms with Gasteiger partial charge < -0.3 is 20.9 Å². The van der Waals surface area contributed by atoms with Crippen LogP contribution in [0.25, 0.3) is 22.5 Å². The SMILES string of the molecule is Nc1c(C(=O)NC[C@@H](O)C(F)(F)F)cc(-c2ccc(OC(F)(F)F)nc2)nc1-c1cccnc1.